The molecule has 2 unspecified atom stereocenters. The topological polar surface area (TPSA) is 87.7 Å². The van der Waals surface area contributed by atoms with E-state index in [1.165, 1.54) is 0 Å². The first-order valence-electron chi connectivity index (χ1n) is 6.45. The maximum Gasteiger partial charge on any atom is 0.314 e. The van der Waals surface area contributed by atoms with Gasteiger partial charge in [0.15, 0.2) is 0 Å². The summed E-state index contributed by atoms with van der Waals surface area (Å²) >= 11 is 0. The van der Waals surface area contributed by atoms with Crippen LogP contribution < -0.4 is 10.6 Å². The molecule has 1 aliphatic rings. The molecular formula is C12H22N2O4. The van der Waals surface area contributed by atoms with Crippen molar-refractivity contribution in [3.05, 3.63) is 0 Å². The van der Waals surface area contributed by atoms with Crippen molar-refractivity contribution in [1.29, 1.82) is 0 Å². The number of hydrogen-bond donors (Lipinski definition) is 3. The van der Waals surface area contributed by atoms with Gasteiger partial charge >= 0.3 is 12.0 Å². The second kappa shape index (κ2) is 7.92. The Morgan fingerprint density at radius 2 is 2.28 bits per heavy atom. The van der Waals surface area contributed by atoms with Gasteiger partial charge in [-0.2, -0.15) is 0 Å². The Labute approximate surface area is 107 Å². The third kappa shape index (κ3) is 6.44. The average Bonchev–Trinajstić information content (AvgIpc) is 2.79. The largest absolute Gasteiger partial charge is 0.481 e. The Bertz CT molecular complexity index is 277. The molecule has 0 aromatic carbocycles. The monoisotopic (exact) mass is 258 g/mol. The van der Waals surface area contributed by atoms with Crippen LogP contribution in [0.2, 0.25) is 0 Å². The molecular weight excluding hydrogens is 236 g/mol. The highest BCUT2D eigenvalue weighted by atomic mass is 16.5. The first kappa shape index (κ1) is 14.8. The molecule has 0 radical (unpaired) electrons. The van der Waals surface area contributed by atoms with E-state index in [1.54, 1.807) is 6.92 Å². The lowest BCUT2D eigenvalue weighted by atomic mass is 10.2. The summed E-state index contributed by atoms with van der Waals surface area (Å²) < 4.78 is 5.44. The summed E-state index contributed by atoms with van der Waals surface area (Å²) in [7, 11) is 0. The van der Waals surface area contributed by atoms with Crippen LogP contribution >= 0.6 is 0 Å². The van der Waals surface area contributed by atoms with E-state index in [0.717, 1.165) is 25.9 Å². The molecule has 18 heavy (non-hydrogen) atoms. The highest BCUT2D eigenvalue weighted by molar-refractivity contribution is 5.74. The molecule has 2 amide bonds. The van der Waals surface area contributed by atoms with E-state index >= 15 is 0 Å². The van der Waals surface area contributed by atoms with Crippen molar-refractivity contribution in [3.8, 4) is 0 Å². The van der Waals surface area contributed by atoms with Crippen molar-refractivity contribution in [2.75, 3.05) is 13.2 Å². The van der Waals surface area contributed by atoms with Gasteiger partial charge < -0.3 is 20.5 Å². The van der Waals surface area contributed by atoms with Crippen molar-refractivity contribution < 1.29 is 19.4 Å². The number of nitrogens with one attached hydrogen (secondary N) is 2. The quantitative estimate of drug-likeness (QED) is 0.638. The number of amides is 2. The van der Waals surface area contributed by atoms with E-state index in [2.05, 4.69) is 10.6 Å². The Kier molecular flexibility index (Phi) is 6.49. The van der Waals surface area contributed by atoms with Gasteiger partial charge in [-0.1, -0.05) is 0 Å². The molecule has 2 atom stereocenters. The lowest BCUT2D eigenvalue weighted by molar-refractivity contribution is -0.137. The normalized spacial score (nSPS) is 20.4. The number of aliphatic carboxylic acids is 1. The summed E-state index contributed by atoms with van der Waals surface area (Å²) in [5, 5.41) is 14.0. The summed E-state index contributed by atoms with van der Waals surface area (Å²) in [5.74, 6) is -0.845. The molecule has 1 heterocycles. The summed E-state index contributed by atoms with van der Waals surface area (Å²) in [4.78, 5) is 21.8. The van der Waals surface area contributed by atoms with Crippen molar-refractivity contribution in [1.82, 2.24) is 10.6 Å². The van der Waals surface area contributed by atoms with Crippen LogP contribution in [-0.4, -0.2) is 42.4 Å². The molecule has 1 fully saturated rings. The molecule has 1 rings (SSSR count). The van der Waals surface area contributed by atoms with Gasteiger partial charge in [-0.3, -0.25) is 4.79 Å². The zero-order valence-corrected chi connectivity index (χ0v) is 10.8. The van der Waals surface area contributed by atoms with Crippen LogP contribution in [0.15, 0.2) is 0 Å². The van der Waals surface area contributed by atoms with E-state index in [9.17, 15) is 9.59 Å². The fraction of sp³-hybridized carbons (Fsp3) is 0.833. The van der Waals surface area contributed by atoms with Crippen LogP contribution in [0.1, 0.15) is 39.0 Å². The number of carbonyl (C=O) groups excluding carboxylic acids is 1. The van der Waals surface area contributed by atoms with Crippen LogP contribution in [0.5, 0.6) is 0 Å². The fourth-order valence-corrected chi connectivity index (χ4v) is 1.91. The highest BCUT2D eigenvalue weighted by Gasteiger charge is 2.15. The molecule has 3 N–H and O–H groups in total. The average molecular weight is 258 g/mol. The maximum absolute atomic E-state index is 11.5. The minimum absolute atomic E-state index is 0.0668. The van der Waals surface area contributed by atoms with E-state index in [4.69, 9.17) is 9.84 Å². The van der Waals surface area contributed by atoms with E-state index in [-0.39, 0.29) is 24.6 Å². The molecule has 0 aromatic heterocycles. The molecule has 0 saturated carbocycles. The van der Waals surface area contributed by atoms with Gasteiger partial charge in [-0.15, -0.1) is 0 Å². The minimum Gasteiger partial charge on any atom is -0.481 e. The van der Waals surface area contributed by atoms with Crippen molar-refractivity contribution in [3.63, 3.8) is 0 Å². The van der Waals surface area contributed by atoms with Crippen LogP contribution in [-0.2, 0) is 9.53 Å². The summed E-state index contributed by atoms with van der Waals surface area (Å²) in [6.45, 7) is 3.20. The van der Waals surface area contributed by atoms with Gasteiger partial charge in [0.25, 0.3) is 0 Å². The molecule has 0 spiro atoms. The SMILES string of the molecule is CC(CCC(=O)O)NC(=O)NCCC1CCCO1. The number of hydrogen-bond acceptors (Lipinski definition) is 3. The minimum atomic E-state index is -0.845. The van der Waals surface area contributed by atoms with Gasteiger partial charge in [0.1, 0.15) is 0 Å². The van der Waals surface area contributed by atoms with Gasteiger partial charge in [-0.05, 0) is 32.6 Å². The standard InChI is InChI=1S/C12H22N2O4/c1-9(4-5-11(15)16)14-12(17)13-7-6-10-3-2-8-18-10/h9-10H,2-8H2,1H3,(H,15,16)(H2,13,14,17). The Balaban J connectivity index is 2.03. The fourth-order valence-electron chi connectivity index (χ4n) is 1.91. The predicted molar refractivity (Wildman–Crippen MR) is 66.5 cm³/mol. The van der Waals surface area contributed by atoms with Crippen LogP contribution in [0.4, 0.5) is 4.79 Å². The number of carboxylic acids is 1. The van der Waals surface area contributed by atoms with Gasteiger partial charge in [0.05, 0.1) is 6.10 Å². The van der Waals surface area contributed by atoms with Crippen LogP contribution in [0, 0.1) is 0 Å². The number of urea groups is 1. The van der Waals surface area contributed by atoms with Gasteiger partial charge in [0, 0.05) is 25.6 Å². The Hall–Kier alpha value is -1.30. The predicted octanol–water partition coefficient (Wildman–Crippen LogP) is 1.11. The molecule has 6 heteroatoms. The van der Waals surface area contributed by atoms with E-state index < -0.39 is 5.97 Å². The Morgan fingerprint density at radius 1 is 1.50 bits per heavy atom. The molecule has 6 nitrogen and oxygen atoms in total. The third-order valence-electron chi connectivity index (χ3n) is 2.94. The zero-order chi connectivity index (χ0) is 13.4. The molecule has 104 valence electrons. The molecule has 0 aromatic rings. The summed E-state index contributed by atoms with van der Waals surface area (Å²) in [6, 6.07) is -0.380. The van der Waals surface area contributed by atoms with Crippen LogP contribution in [0.3, 0.4) is 0 Å². The smallest absolute Gasteiger partial charge is 0.314 e. The van der Waals surface area contributed by atoms with Gasteiger partial charge in [0.2, 0.25) is 0 Å². The number of rotatable bonds is 7. The number of carboxylic acid groups (broad SMARTS) is 1. The second-order valence-corrected chi connectivity index (χ2v) is 4.66. The molecule has 1 aliphatic heterocycles. The first-order valence-corrected chi connectivity index (χ1v) is 6.45. The second-order valence-electron chi connectivity index (χ2n) is 4.66. The maximum atomic E-state index is 11.5. The molecule has 0 bridgehead atoms. The molecule has 0 aliphatic carbocycles. The summed E-state index contributed by atoms with van der Waals surface area (Å²) in [6.07, 6.45) is 3.78. The van der Waals surface area contributed by atoms with Crippen molar-refractivity contribution >= 4 is 12.0 Å². The lowest BCUT2D eigenvalue weighted by Crippen LogP contribution is -2.41. The highest BCUT2D eigenvalue weighted by Crippen LogP contribution is 2.14. The van der Waals surface area contributed by atoms with Crippen LogP contribution in [0.25, 0.3) is 0 Å². The molecule has 1 saturated heterocycles. The van der Waals surface area contributed by atoms with E-state index in [1.807, 2.05) is 0 Å². The lowest BCUT2D eigenvalue weighted by Gasteiger charge is -2.14. The summed E-state index contributed by atoms with van der Waals surface area (Å²) in [5.41, 5.74) is 0. The first-order chi connectivity index (χ1) is 8.58. The van der Waals surface area contributed by atoms with E-state index in [0.29, 0.717) is 13.0 Å². The third-order valence-corrected chi connectivity index (χ3v) is 2.94. The number of carbonyl (C=O) groups is 2. The van der Waals surface area contributed by atoms with Crippen molar-refractivity contribution in [2.24, 2.45) is 0 Å². The van der Waals surface area contributed by atoms with Gasteiger partial charge in [-0.25, -0.2) is 4.79 Å². The van der Waals surface area contributed by atoms with Crippen molar-refractivity contribution in [2.45, 2.75) is 51.2 Å². The number of ether oxygens (including phenoxy) is 1. The Morgan fingerprint density at radius 3 is 2.89 bits per heavy atom. The zero-order valence-electron chi connectivity index (χ0n) is 10.8.